The molecule has 0 aliphatic rings. The molecule has 9 heteroatoms. The molecule has 186 valence electrons. The summed E-state index contributed by atoms with van der Waals surface area (Å²) in [5.41, 5.74) is 0.692. The number of amides is 2. The number of hydrogen-bond acceptors (Lipinski definition) is 5. The Kier molecular flexibility index (Phi) is 9.09. The highest BCUT2D eigenvalue weighted by molar-refractivity contribution is 7.92. The molecule has 0 saturated carbocycles. The molecule has 0 aromatic heterocycles. The molecular formula is C25H35N3O5S. The summed E-state index contributed by atoms with van der Waals surface area (Å²) in [4.78, 5) is 27.8. The SMILES string of the molecule is CCOc1ccc(N(CC(=O)N(Cc2ccccc2)C(C)C(=O)NC(C)(C)C)S(C)(=O)=O)cc1. The Morgan fingerprint density at radius 1 is 1.03 bits per heavy atom. The lowest BCUT2D eigenvalue weighted by Gasteiger charge is -2.33. The normalized spacial score (nSPS) is 12.5. The Labute approximate surface area is 202 Å². The summed E-state index contributed by atoms with van der Waals surface area (Å²) in [5, 5.41) is 2.89. The van der Waals surface area contributed by atoms with Crippen LogP contribution in [0.25, 0.3) is 0 Å². The van der Waals surface area contributed by atoms with Crippen LogP contribution in [0.4, 0.5) is 5.69 Å². The number of carbonyl (C=O) groups is 2. The molecule has 0 heterocycles. The Bertz CT molecular complexity index is 1060. The summed E-state index contributed by atoms with van der Waals surface area (Å²) in [5.74, 6) is -0.201. The first-order valence-corrected chi connectivity index (χ1v) is 13.0. The highest BCUT2D eigenvalue weighted by Gasteiger charge is 2.31. The van der Waals surface area contributed by atoms with Crippen molar-refractivity contribution in [2.45, 2.75) is 52.7 Å². The predicted octanol–water partition coefficient (Wildman–Crippen LogP) is 3.18. The lowest BCUT2D eigenvalue weighted by Crippen LogP contribution is -2.54. The fraction of sp³-hybridized carbons (Fsp3) is 0.440. The molecule has 2 aromatic carbocycles. The number of ether oxygens (including phenoxy) is 1. The van der Waals surface area contributed by atoms with E-state index in [1.807, 2.05) is 58.0 Å². The van der Waals surface area contributed by atoms with Crippen molar-refractivity contribution in [2.75, 3.05) is 23.7 Å². The predicted molar refractivity (Wildman–Crippen MR) is 134 cm³/mol. The summed E-state index contributed by atoms with van der Waals surface area (Å²) in [6.45, 7) is 9.29. The van der Waals surface area contributed by atoms with Crippen LogP contribution in [0.1, 0.15) is 40.2 Å². The van der Waals surface area contributed by atoms with Gasteiger partial charge in [-0.3, -0.25) is 13.9 Å². The molecule has 8 nitrogen and oxygen atoms in total. The van der Waals surface area contributed by atoms with Gasteiger partial charge in [0.1, 0.15) is 18.3 Å². The maximum absolute atomic E-state index is 13.5. The zero-order valence-electron chi connectivity index (χ0n) is 20.7. The summed E-state index contributed by atoms with van der Waals surface area (Å²) in [6.07, 6.45) is 1.05. The lowest BCUT2D eigenvalue weighted by molar-refractivity contribution is -0.140. The Morgan fingerprint density at radius 2 is 1.62 bits per heavy atom. The van der Waals surface area contributed by atoms with E-state index in [0.717, 1.165) is 16.1 Å². The average molecular weight is 490 g/mol. The molecule has 34 heavy (non-hydrogen) atoms. The van der Waals surface area contributed by atoms with Crippen molar-refractivity contribution in [3.05, 3.63) is 60.2 Å². The third kappa shape index (κ3) is 8.06. The monoisotopic (exact) mass is 489 g/mol. The van der Waals surface area contributed by atoms with Gasteiger partial charge in [-0.05, 0) is 64.4 Å². The molecule has 0 spiro atoms. The Morgan fingerprint density at radius 3 is 2.12 bits per heavy atom. The first kappa shape index (κ1) is 27.2. The van der Waals surface area contributed by atoms with Gasteiger partial charge >= 0.3 is 0 Å². The number of rotatable bonds is 10. The summed E-state index contributed by atoms with van der Waals surface area (Å²) in [7, 11) is -3.77. The van der Waals surface area contributed by atoms with Crippen molar-refractivity contribution in [3.8, 4) is 5.75 Å². The molecule has 0 fully saturated rings. The summed E-state index contributed by atoms with van der Waals surface area (Å²) < 4.78 is 31.7. The minimum atomic E-state index is -3.77. The number of sulfonamides is 1. The van der Waals surface area contributed by atoms with E-state index in [1.165, 1.54) is 4.90 Å². The van der Waals surface area contributed by atoms with Crippen LogP contribution < -0.4 is 14.4 Å². The molecule has 0 saturated heterocycles. The summed E-state index contributed by atoms with van der Waals surface area (Å²) in [6, 6.07) is 15.0. The fourth-order valence-corrected chi connectivity index (χ4v) is 4.18. The first-order valence-electron chi connectivity index (χ1n) is 11.2. The highest BCUT2D eigenvalue weighted by atomic mass is 32.2. The van der Waals surface area contributed by atoms with Crippen LogP contribution in [0.5, 0.6) is 5.75 Å². The van der Waals surface area contributed by atoms with E-state index in [4.69, 9.17) is 4.74 Å². The molecule has 1 unspecified atom stereocenters. The van der Waals surface area contributed by atoms with Crippen LogP contribution in [0.3, 0.4) is 0 Å². The van der Waals surface area contributed by atoms with Crippen LogP contribution in [0.2, 0.25) is 0 Å². The van der Waals surface area contributed by atoms with Crippen molar-refractivity contribution in [1.82, 2.24) is 10.2 Å². The van der Waals surface area contributed by atoms with E-state index in [2.05, 4.69) is 5.32 Å². The van der Waals surface area contributed by atoms with Gasteiger partial charge in [0.15, 0.2) is 0 Å². The van der Waals surface area contributed by atoms with Gasteiger partial charge in [-0.15, -0.1) is 0 Å². The minimum absolute atomic E-state index is 0.166. The van der Waals surface area contributed by atoms with Crippen molar-refractivity contribution in [1.29, 1.82) is 0 Å². The average Bonchev–Trinajstić information content (AvgIpc) is 2.75. The number of anilines is 1. The van der Waals surface area contributed by atoms with Gasteiger partial charge in [0.25, 0.3) is 0 Å². The molecule has 0 bridgehead atoms. The third-order valence-corrected chi connectivity index (χ3v) is 6.12. The van der Waals surface area contributed by atoms with E-state index in [0.29, 0.717) is 18.0 Å². The van der Waals surface area contributed by atoms with E-state index in [1.54, 1.807) is 31.2 Å². The van der Waals surface area contributed by atoms with E-state index in [9.17, 15) is 18.0 Å². The smallest absolute Gasteiger partial charge is 0.244 e. The van der Waals surface area contributed by atoms with E-state index in [-0.39, 0.29) is 12.5 Å². The maximum Gasteiger partial charge on any atom is 0.244 e. The van der Waals surface area contributed by atoms with Crippen LogP contribution >= 0.6 is 0 Å². The molecule has 0 radical (unpaired) electrons. The Balaban J connectivity index is 2.35. The second-order valence-electron chi connectivity index (χ2n) is 9.12. The molecular weight excluding hydrogens is 454 g/mol. The number of hydrogen-bond donors (Lipinski definition) is 1. The second kappa shape index (κ2) is 11.4. The van der Waals surface area contributed by atoms with Gasteiger partial charge in [-0.2, -0.15) is 0 Å². The van der Waals surface area contributed by atoms with Crippen molar-refractivity contribution >= 4 is 27.5 Å². The van der Waals surface area contributed by atoms with Gasteiger partial charge < -0.3 is 15.0 Å². The molecule has 0 aliphatic heterocycles. The number of nitrogens with zero attached hydrogens (tertiary/aromatic N) is 2. The van der Waals surface area contributed by atoms with Gasteiger partial charge in [0.05, 0.1) is 18.6 Å². The van der Waals surface area contributed by atoms with E-state index < -0.39 is 34.1 Å². The molecule has 1 atom stereocenters. The van der Waals surface area contributed by atoms with Gasteiger partial charge in [0.2, 0.25) is 21.8 Å². The minimum Gasteiger partial charge on any atom is -0.494 e. The van der Waals surface area contributed by atoms with Crippen molar-refractivity contribution < 1.29 is 22.7 Å². The lowest BCUT2D eigenvalue weighted by atomic mass is 10.1. The van der Waals surface area contributed by atoms with Gasteiger partial charge in [-0.25, -0.2) is 8.42 Å². The quantitative estimate of drug-likeness (QED) is 0.553. The number of benzene rings is 2. The van der Waals surface area contributed by atoms with Crippen LogP contribution in [0, 0.1) is 0 Å². The zero-order chi connectivity index (χ0) is 25.5. The van der Waals surface area contributed by atoms with Gasteiger partial charge in [0, 0.05) is 12.1 Å². The standard InChI is InChI=1S/C25H35N3O5S/c1-7-33-22-15-13-21(14-16-22)28(34(6,31)32)18-23(29)27(17-20-11-9-8-10-12-20)19(2)24(30)26-25(3,4)5/h8-16,19H,7,17-18H2,1-6H3,(H,26,30). The van der Waals surface area contributed by atoms with Crippen molar-refractivity contribution in [3.63, 3.8) is 0 Å². The molecule has 2 rings (SSSR count). The second-order valence-corrected chi connectivity index (χ2v) is 11.0. The zero-order valence-corrected chi connectivity index (χ0v) is 21.6. The third-order valence-electron chi connectivity index (χ3n) is 4.98. The first-order chi connectivity index (χ1) is 15.8. The highest BCUT2D eigenvalue weighted by Crippen LogP contribution is 2.22. The molecule has 2 amide bonds. The fourth-order valence-electron chi connectivity index (χ4n) is 3.33. The number of nitrogens with one attached hydrogen (secondary N) is 1. The van der Waals surface area contributed by atoms with Crippen molar-refractivity contribution in [2.24, 2.45) is 0 Å². The largest absolute Gasteiger partial charge is 0.494 e. The molecule has 2 aromatic rings. The van der Waals surface area contributed by atoms with Gasteiger partial charge in [-0.1, -0.05) is 30.3 Å². The van der Waals surface area contributed by atoms with Crippen LogP contribution in [-0.4, -0.2) is 56.1 Å². The number of carbonyl (C=O) groups excluding carboxylic acids is 2. The van der Waals surface area contributed by atoms with Crippen LogP contribution in [0.15, 0.2) is 54.6 Å². The topological polar surface area (TPSA) is 96.0 Å². The molecule has 1 N–H and O–H groups in total. The Hall–Kier alpha value is -3.07. The molecule has 0 aliphatic carbocycles. The maximum atomic E-state index is 13.5. The van der Waals surface area contributed by atoms with Crippen LogP contribution in [-0.2, 0) is 26.2 Å². The van der Waals surface area contributed by atoms with E-state index >= 15 is 0 Å². The summed E-state index contributed by atoms with van der Waals surface area (Å²) >= 11 is 0.